The van der Waals surface area contributed by atoms with Gasteiger partial charge in [0.2, 0.25) is 0 Å². The van der Waals surface area contributed by atoms with Crippen molar-refractivity contribution in [2.45, 2.75) is 19.8 Å². The molecule has 0 aliphatic heterocycles. The number of ether oxygens (including phenoxy) is 1. The predicted octanol–water partition coefficient (Wildman–Crippen LogP) is 2.21. The van der Waals surface area contributed by atoms with Gasteiger partial charge in [0.15, 0.2) is 0 Å². The molecule has 0 heterocycles. The minimum Gasteiger partial charge on any atom is -0.494 e. The van der Waals surface area contributed by atoms with Crippen molar-refractivity contribution < 1.29 is 22.3 Å². The van der Waals surface area contributed by atoms with Gasteiger partial charge in [-0.05, 0) is 18.6 Å². The Bertz CT molecular complexity index is 352. The third-order valence-electron chi connectivity index (χ3n) is 1.51. The van der Waals surface area contributed by atoms with Crippen LogP contribution < -0.4 is 4.74 Å². The Morgan fingerprint density at radius 3 is 2.12 bits per heavy atom. The Kier molecular flexibility index (Phi) is 7.53. The van der Waals surface area contributed by atoms with E-state index < -0.39 is 10.4 Å². The lowest BCUT2D eigenvalue weighted by molar-refractivity contribution is 0.309. The molecule has 0 fully saturated rings. The standard InChI is InChI=1S/C10H14O.H2O4S/c1-2-3-9-11-10-7-5-4-6-8-10;1-5(2,3)4/h4-8H,2-3,9H2,1H3;(H2,1,2,3,4). The average molecular weight is 248 g/mol. The van der Waals surface area contributed by atoms with E-state index in [1.807, 2.05) is 30.3 Å². The van der Waals surface area contributed by atoms with Crippen LogP contribution in [0.1, 0.15) is 19.8 Å². The largest absolute Gasteiger partial charge is 0.494 e. The number of unbranched alkanes of at least 4 members (excludes halogenated alkanes) is 1. The number of rotatable bonds is 4. The molecule has 6 heteroatoms. The summed E-state index contributed by atoms with van der Waals surface area (Å²) in [5, 5.41) is 0. The fraction of sp³-hybridized carbons (Fsp3) is 0.400. The lowest BCUT2D eigenvalue weighted by Gasteiger charge is -2.03. The van der Waals surface area contributed by atoms with Gasteiger partial charge in [0, 0.05) is 0 Å². The average Bonchev–Trinajstić information content (AvgIpc) is 2.17. The number of hydrogen-bond acceptors (Lipinski definition) is 3. The quantitative estimate of drug-likeness (QED) is 0.630. The van der Waals surface area contributed by atoms with Crippen molar-refractivity contribution in [2.75, 3.05) is 6.61 Å². The Morgan fingerprint density at radius 1 is 1.19 bits per heavy atom. The van der Waals surface area contributed by atoms with Crippen LogP contribution in [0.4, 0.5) is 0 Å². The minimum absolute atomic E-state index is 0.834. The van der Waals surface area contributed by atoms with E-state index in [-0.39, 0.29) is 0 Å². The van der Waals surface area contributed by atoms with Gasteiger partial charge in [-0.25, -0.2) is 0 Å². The molecule has 5 nitrogen and oxygen atoms in total. The van der Waals surface area contributed by atoms with E-state index in [9.17, 15) is 0 Å². The number of para-hydroxylation sites is 1. The van der Waals surface area contributed by atoms with Gasteiger partial charge in [-0.15, -0.1) is 0 Å². The van der Waals surface area contributed by atoms with Crippen molar-refractivity contribution in [3.8, 4) is 5.75 Å². The maximum absolute atomic E-state index is 8.74. The number of hydrogen-bond donors (Lipinski definition) is 2. The molecule has 0 saturated heterocycles. The molecular weight excluding hydrogens is 232 g/mol. The van der Waals surface area contributed by atoms with Gasteiger partial charge in [-0.2, -0.15) is 8.42 Å². The lowest BCUT2D eigenvalue weighted by Crippen LogP contribution is -1.95. The molecule has 0 spiro atoms. The fourth-order valence-corrected chi connectivity index (χ4v) is 0.851. The molecule has 1 rings (SSSR count). The molecular formula is C10H16O5S. The molecule has 0 radical (unpaired) electrons. The van der Waals surface area contributed by atoms with E-state index in [4.69, 9.17) is 22.3 Å². The molecule has 92 valence electrons. The lowest BCUT2D eigenvalue weighted by atomic mass is 10.3. The summed E-state index contributed by atoms with van der Waals surface area (Å²) in [6, 6.07) is 9.93. The van der Waals surface area contributed by atoms with E-state index in [1.165, 1.54) is 6.42 Å². The molecule has 1 aromatic rings. The van der Waals surface area contributed by atoms with E-state index in [0.717, 1.165) is 18.8 Å². The van der Waals surface area contributed by atoms with Crippen LogP contribution in [0.2, 0.25) is 0 Å². The van der Waals surface area contributed by atoms with E-state index in [2.05, 4.69) is 6.92 Å². The highest BCUT2D eigenvalue weighted by molar-refractivity contribution is 7.79. The summed E-state index contributed by atoms with van der Waals surface area (Å²) in [4.78, 5) is 0. The second-order valence-corrected chi connectivity index (χ2v) is 3.86. The summed E-state index contributed by atoms with van der Waals surface area (Å²) in [6.45, 7) is 2.99. The van der Waals surface area contributed by atoms with Gasteiger partial charge in [0.05, 0.1) is 6.61 Å². The van der Waals surface area contributed by atoms with Crippen molar-refractivity contribution in [3.63, 3.8) is 0 Å². The Labute approximate surface area is 95.6 Å². The van der Waals surface area contributed by atoms with Crippen LogP contribution in [-0.2, 0) is 10.4 Å². The van der Waals surface area contributed by atoms with Crippen LogP contribution in [0.3, 0.4) is 0 Å². The summed E-state index contributed by atoms with van der Waals surface area (Å²) >= 11 is 0. The van der Waals surface area contributed by atoms with Crippen LogP contribution in [0.25, 0.3) is 0 Å². The zero-order chi connectivity index (χ0) is 12.4. The minimum atomic E-state index is -4.67. The molecule has 0 atom stereocenters. The first-order chi connectivity index (χ1) is 7.43. The van der Waals surface area contributed by atoms with Gasteiger partial charge >= 0.3 is 10.4 Å². The molecule has 0 aromatic heterocycles. The molecule has 0 amide bonds. The normalized spacial score (nSPS) is 10.2. The smallest absolute Gasteiger partial charge is 0.394 e. The molecule has 1 aromatic carbocycles. The molecule has 0 saturated carbocycles. The SMILES string of the molecule is CCCCOc1ccccc1.O=S(=O)(O)O. The Morgan fingerprint density at radius 2 is 1.69 bits per heavy atom. The van der Waals surface area contributed by atoms with Crippen LogP contribution in [0, 0.1) is 0 Å². The van der Waals surface area contributed by atoms with Gasteiger partial charge in [-0.1, -0.05) is 31.5 Å². The second-order valence-electron chi connectivity index (χ2n) is 2.96. The maximum Gasteiger partial charge on any atom is 0.394 e. The van der Waals surface area contributed by atoms with E-state index in [1.54, 1.807) is 0 Å². The zero-order valence-corrected chi connectivity index (χ0v) is 9.85. The summed E-state index contributed by atoms with van der Waals surface area (Å²) in [5.41, 5.74) is 0. The van der Waals surface area contributed by atoms with Gasteiger partial charge in [0.1, 0.15) is 5.75 Å². The van der Waals surface area contributed by atoms with E-state index in [0.29, 0.717) is 0 Å². The highest BCUT2D eigenvalue weighted by atomic mass is 32.3. The van der Waals surface area contributed by atoms with Crippen LogP contribution in [0.15, 0.2) is 30.3 Å². The third kappa shape index (κ3) is 12.9. The van der Waals surface area contributed by atoms with Crippen molar-refractivity contribution in [3.05, 3.63) is 30.3 Å². The molecule has 0 bridgehead atoms. The van der Waals surface area contributed by atoms with Crippen molar-refractivity contribution in [2.24, 2.45) is 0 Å². The summed E-state index contributed by atoms with van der Waals surface area (Å²) in [5.74, 6) is 0.973. The highest BCUT2D eigenvalue weighted by Crippen LogP contribution is 2.08. The first-order valence-corrected chi connectivity index (χ1v) is 6.21. The maximum atomic E-state index is 8.74. The highest BCUT2D eigenvalue weighted by Gasteiger charge is 1.88. The Hall–Kier alpha value is -1.11. The molecule has 0 unspecified atom stereocenters. The number of benzene rings is 1. The first-order valence-electron chi connectivity index (χ1n) is 4.81. The summed E-state index contributed by atoms with van der Waals surface area (Å²) < 4.78 is 37.0. The van der Waals surface area contributed by atoms with Crippen LogP contribution in [-0.4, -0.2) is 24.1 Å². The van der Waals surface area contributed by atoms with Gasteiger partial charge in [-0.3, -0.25) is 9.11 Å². The molecule has 0 aliphatic rings. The van der Waals surface area contributed by atoms with Gasteiger partial charge < -0.3 is 4.74 Å². The molecule has 2 N–H and O–H groups in total. The predicted molar refractivity (Wildman–Crippen MR) is 61.0 cm³/mol. The topological polar surface area (TPSA) is 83.8 Å². The van der Waals surface area contributed by atoms with Crippen molar-refractivity contribution >= 4 is 10.4 Å². The Balaban J connectivity index is 0.000000385. The van der Waals surface area contributed by atoms with Crippen LogP contribution >= 0.6 is 0 Å². The zero-order valence-electron chi connectivity index (χ0n) is 9.04. The second kappa shape index (κ2) is 8.09. The van der Waals surface area contributed by atoms with Crippen molar-refractivity contribution in [1.82, 2.24) is 0 Å². The van der Waals surface area contributed by atoms with Gasteiger partial charge in [0.25, 0.3) is 0 Å². The van der Waals surface area contributed by atoms with Crippen LogP contribution in [0.5, 0.6) is 5.75 Å². The fourth-order valence-electron chi connectivity index (χ4n) is 0.851. The monoisotopic (exact) mass is 248 g/mol. The first kappa shape index (κ1) is 14.9. The molecule has 0 aliphatic carbocycles. The molecule has 16 heavy (non-hydrogen) atoms. The van der Waals surface area contributed by atoms with E-state index >= 15 is 0 Å². The summed E-state index contributed by atoms with van der Waals surface area (Å²) in [7, 11) is -4.67. The van der Waals surface area contributed by atoms with Crippen molar-refractivity contribution in [1.29, 1.82) is 0 Å². The summed E-state index contributed by atoms with van der Waals surface area (Å²) in [6.07, 6.45) is 2.32. The third-order valence-corrected chi connectivity index (χ3v) is 1.51.